The second-order valence-corrected chi connectivity index (χ2v) is 10.4. The Balaban J connectivity index is 1.72. The summed E-state index contributed by atoms with van der Waals surface area (Å²) in [7, 11) is 0. The number of ether oxygens (including phenoxy) is 2. The normalized spacial score (nSPS) is 37.5. The van der Waals surface area contributed by atoms with E-state index in [-0.39, 0.29) is 35.9 Å². The van der Waals surface area contributed by atoms with Crippen LogP contribution in [0.15, 0.2) is 23.8 Å². The topological polar surface area (TPSA) is 76.0 Å². The van der Waals surface area contributed by atoms with E-state index >= 15 is 0 Å². The van der Waals surface area contributed by atoms with Crippen LogP contribution in [-0.4, -0.2) is 47.2 Å². The average Bonchev–Trinajstić information content (AvgIpc) is 2.71. The summed E-state index contributed by atoms with van der Waals surface area (Å²) >= 11 is 0. The number of aliphatic hydroxyl groups is 2. The molecule has 0 spiro atoms. The summed E-state index contributed by atoms with van der Waals surface area (Å²) < 4.78 is 12.1. The monoisotopic (exact) mass is 434 g/mol. The number of aliphatic hydroxyl groups excluding tert-OH is 2. The quantitative estimate of drug-likeness (QED) is 0.520. The lowest BCUT2D eigenvalue weighted by Crippen LogP contribution is -2.43. The zero-order valence-electron chi connectivity index (χ0n) is 19.8. The highest BCUT2D eigenvalue weighted by molar-refractivity contribution is 5.70. The number of hydrogen-bond acceptors (Lipinski definition) is 5. The van der Waals surface area contributed by atoms with E-state index in [0.717, 1.165) is 38.7 Å². The van der Waals surface area contributed by atoms with Crippen LogP contribution in [0.1, 0.15) is 79.1 Å². The summed E-state index contributed by atoms with van der Waals surface area (Å²) in [5.74, 6) is 0.708. The zero-order chi connectivity index (χ0) is 22.6. The van der Waals surface area contributed by atoms with E-state index < -0.39 is 12.2 Å². The van der Waals surface area contributed by atoms with Gasteiger partial charge < -0.3 is 19.7 Å². The van der Waals surface area contributed by atoms with Crippen LogP contribution in [0.5, 0.6) is 0 Å². The van der Waals surface area contributed by atoms with Gasteiger partial charge in [0.05, 0.1) is 31.3 Å². The molecular weight excluding hydrogens is 392 g/mol. The molecule has 3 aliphatic rings. The van der Waals surface area contributed by atoms with Gasteiger partial charge in [0, 0.05) is 18.8 Å². The molecule has 176 valence electrons. The van der Waals surface area contributed by atoms with Crippen molar-refractivity contribution in [2.24, 2.45) is 23.2 Å². The molecule has 0 saturated carbocycles. The molecule has 0 amide bonds. The molecule has 1 unspecified atom stereocenters. The van der Waals surface area contributed by atoms with Crippen molar-refractivity contribution in [2.45, 2.75) is 103 Å². The van der Waals surface area contributed by atoms with Crippen LogP contribution in [0, 0.1) is 23.2 Å². The summed E-state index contributed by atoms with van der Waals surface area (Å²) in [6.07, 6.45) is 11.4. The van der Waals surface area contributed by atoms with Gasteiger partial charge in [-0.2, -0.15) is 0 Å². The zero-order valence-corrected chi connectivity index (χ0v) is 19.8. The lowest BCUT2D eigenvalue weighted by atomic mass is 9.66. The second-order valence-electron chi connectivity index (χ2n) is 10.4. The molecule has 5 heteroatoms. The summed E-state index contributed by atoms with van der Waals surface area (Å²) in [4.78, 5) is 11.7. The smallest absolute Gasteiger partial charge is 0.308 e. The van der Waals surface area contributed by atoms with Crippen molar-refractivity contribution in [1.29, 1.82) is 0 Å². The van der Waals surface area contributed by atoms with Gasteiger partial charge >= 0.3 is 5.97 Å². The Morgan fingerprint density at radius 2 is 2.00 bits per heavy atom. The van der Waals surface area contributed by atoms with E-state index in [1.54, 1.807) is 0 Å². The number of esters is 1. The van der Waals surface area contributed by atoms with Crippen LogP contribution in [0.4, 0.5) is 0 Å². The maximum Gasteiger partial charge on any atom is 0.308 e. The van der Waals surface area contributed by atoms with Gasteiger partial charge in [0.25, 0.3) is 0 Å². The van der Waals surface area contributed by atoms with Gasteiger partial charge in [0.15, 0.2) is 0 Å². The SMILES string of the molecule is CCCC(C)(CC)CO[C@H]1C[C@H](O)C=C2C=C[C@@H](C)[C@H](CC[C@@H]3C[C@@H](O)CC(=O)O3)[C@H]21. The third-order valence-corrected chi connectivity index (χ3v) is 7.78. The predicted octanol–water partition coefficient (Wildman–Crippen LogP) is 4.56. The third kappa shape index (κ3) is 6.21. The van der Waals surface area contributed by atoms with E-state index in [0.29, 0.717) is 24.7 Å². The Morgan fingerprint density at radius 1 is 1.23 bits per heavy atom. The molecular formula is C26H42O5. The molecule has 3 rings (SSSR count). The molecule has 0 bridgehead atoms. The number of fused-ring (bicyclic) bond motifs is 1. The molecule has 0 aromatic rings. The molecule has 8 atom stereocenters. The largest absolute Gasteiger partial charge is 0.462 e. The van der Waals surface area contributed by atoms with Crippen molar-refractivity contribution >= 4 is 5.97 Å². The van der Waals surface area contributed by atoms with Crippen molar-refractivity contribution in [3.05, 3.63) is 23.8 Å². The highest BCUT2D eigenvalue weighted by Gasteiger charge is 2.41. The molecule has 1 heterocycles. The standard InChI is InChI=1S/C26H42O5/c1-5-11-26(4,6-2)16-30-23-14-19(27)12-18-8-7-17(3)22(25(18)23)10-9-21-13-20(28)15-24(29)31-21/h7-8,12,17,19-23,25,27-28H,5-6,9-11,13-16H2,1-4H3/t17-,19-,20-,21-,22+,23+,25+,26?/m1/s1. The fraction of sp³-hybridized carbons (Fsp3) is 0.808. The Morgan fingerprint density at radius 3 is 2.68 bits per heavy atom. The first-order valence-corrected chi connectivity index (χ1v) is 12.3. The highest BCUT2D eigenvalue weighted by Crippen LogP contribution is 2.44. The van der Waals surface area contributed by atoms with Gasteiger partial charge in [0.2, 0.25) is 0 Å². The van der Waals surface area contributed by atoms with Gasteiger partial charge in [-0.3, -0.25) is 4.79 Å². The predicted molar refractivity (Wildman–Crippen MR) is 121 cm³/mol. The number of hydrogen-bond donors (Lipinski definition) is 2. The summed E-state index contributed by atoms with van der Waals surface area (Å²) in [5.41, 5.74) is 1.35. The van der Waals surface area contributed by atoms with Gasteiger partial charge in [-0.1, -0.05) is 52.3 Å². The number of cyclic esters (lactones) is 1. The molecule has 1 aliphatic heterocycles. The Labute approximate surface area is 187 Å². The minimum absolute atomic E-state index is 0.00497. The second kappa shape index (κ2) is 10.6. The Kier molecular flexibility index (Phi) is 8.39. The number of carbonyl (C=O) groups is 1. The Bertz CT molecular complexity index is 671. The molecule has 2 aliphatic carbocycles. The fourth-order valence-electron chi connectivity index (χ4n) is 5.72. The van der Waals surface area contributed by atoms with Crippen molar-refractivity contribution in [2.75, 3.05) is 6.61 Å². The van der Waals surface area contributed by atoms with Crippen molar-refractivity contribution in [1.82, 2.24) is 0 Å². The Hall–Kier alpha value is -1.17. The van der Waals surface area contributed by atoms with Crippen LogP contribution in [-0.2, 0) is 14.3 Å². The van der Waals surface area contributed by atoms with Crippen molar-refractivity contribution < 1.29 is 24.5 Å². The van der Waals surface area contributed by atoms with Gasteiger partial charge in [-0.15, -0.1) is 0 Å². The first-order valence-electron chi connectivity index (χ1n) is 12.3. The number of rotatable bonds is 9. The minimum atomic E-state index is -0.587. The molecule has 31 heavy (non-hydrogen) atoms. The average molecular weight is 435 g/mol. The number of carbonyl (C=O) groups excluding carboxylic acids is 1. The third-order valence-electron chi connectivity index (χ3n) is 7.78. The molecule has 5 nitrogen and oxygen atoms in total. The summed E-state index contributed by atoms with van der Waals surface area (Å²) in [6.45, 7) is 9.72. The van der Waals surface area contributed by atoms with Crippen molar-refractivity contribution in [3.63, 3.8) is 0 Å². The molecule has 0 aromatic heterocycles. The lowest BCUT2D eigenvalue weighted by Gasteiger charge is -2.44. The van der Waals surface area contributed by atoms with E-state index in [1.165, 1.54) is 5.57 Å². The maximum absolute atomic E-state index is 11.7. The molecule has 1 saturated heterocycles. The van der Waals surface area contributed by atoms with Gasteiger partial charge in [0.1, 0.15) is 6.10 Å². The maximum atomic E-state index is 11.7. The van der Waals surface area contributed by atoms with Crippen LogP contribution in [0.25, 0.3) is 0 Å². The molecule has 1 fully saturated rings. The van der Waals surface area contributed by atoms with Crippen LogP contribution in [0.3, 0.4) is 0 Å². The lowest BCUT2D eigenvalue weighted by molar-refractivity contribution is -0.160. The minimum Gasteiger partial charge on any atom is -0.462 e. The van der Waals surface area contributed by atoms with E-state index in [4.69, 9.17) is 9.47 Å². The van der Waals surface area contributed by atoms with E-state index in [1.807, 2.05) is 6.08 Å². The van der Waals surface area contributed by atoms with Gasteiger partial charge in [-0.25, -0.2) is 0 Å². The van der Waals surface area contributed by atoms with Crippen molar-refractivity contribution in [3.8, 4) is 0 Å². The first kappa shape index (κ1) is 24.5. The van der Waals surface area contributed by atoms with Crippen LogP contribution >= 0.6 is 0 Å². The van der Waals surface area contributed by atoms with Crippen LogP contribution < -0.4 is 0 Å². The fourth-order valence-corrected chi connectivity index (χ4v) is 5.72. The number of allylic oxidation sites excluding steroid dienone is 2. The summed E-state index contributed by atoms with van der Waals surface area (Å²) in [6, 6.07) is 0. The van der Waals surface area contributed by atoms with E-state index in [2.05, 4.69) is 39.8 Å². The molecule has 2 N–H and O–H groups in total. The molecule has 0 aromatic carbocycles. The van der Waals surface area contributed by atoms with Crippen LogP contribution in [0.2, 0.25) is 0 Å². The van der Waals surface area contributed by atoms with E-state index in [9.17, 15) is 15.0 Å². The summed E-state index contributed by atoms with van der Waals surface area (Å²) in [5, 5.41) is 20.4. The highest BCUT2D eigenvalue weighted by atomic mass is 16.5. The molecule has 0 radical (unpaired) electrons. The first-order chi connectivity index (χ1) is 14.7. The van der Waals surface area contributed by atoms with Gasteiger partial charge in [-0.05, 0) is 48.5 Å².